The molecule has 0 heterocycles. The number of carbonyl (C=O) groups is 3. The summed E-state index contributed by atoms with van der Waals surface area (Å²) in [6.45, 7) is 10.9. The van der Waals surface area contributed by atoms with E-state index in [2.05, 4.69) is 0 Å². The van der Waals surface area contributed by atoms with Crippen LogP contribution in [0.3, 0.4) is 0 Å². The molecule has 0 aromatic carbocycles. The topological polar surface area (TPSA) is 112 Å². The van der Waals surface area contributed by atoms with E-state index in [9.17, 15) is 29.7 Å². The van der Waals surface area contributed by atoms with Gasteiger partial charge in [-0.1, -0.05) is 80.1 Å². The highest BCUT2D eigenvalue weighted by molar-refractivity contribution is 6.16. The molecule has 6 nitrogen and oxygen atoms in total. The summed E-state index contributed by atoms with van der Waals surface area (Å²) in [5, 5.41) is 32.9. The van der Waals surface area contributed by atoms with Crippen LogP contribution in [0, 0.1) is 17.8 Å². The Bertz CT molecular complexity index is 561. The van der Waals surface area contributed by atoms with Crippen molar-refractivity contribution in [2.45, 2.75) is 130 Å². The van der Waals surface area contributed by atoms with Gasteiger partial charge in [-0.15, -0.1) is 0 Å². The van der Waals surface area contributed by atoms with Crippen LogP contribution in [0.25, 0.3) is 0 Å². The third-order valence-electron chi connectivity index (χ3n) is 7.90. The highest BCUT2D eigenvalue weighted by Gasteiger charge is 2.62. The molecule has 0 aromatic heterocycles. The van der Waals surface area contributed by atoms with E-state index in [4.69, 9.17) is 0 Å². The van der Waals surface area contributed by atoms with Crippen LogP contribution in [0.15, 0.2) is 0 Å². The number of aliphatic hydroxyl groups is 3. The lowest BCUT2D eigenvalue weighted by molar-refractivity contribution is -0.194. The van der Waals surface area contributed by atoms with Gasteiger partial charge in [0.2, 0.25) is 5.60 Å². The lowest BCUT2D eigenvalue weighted by Crippen LogP contribution is -2.69. The summed E-state index contributed by atoms with van der Waals surface area (Å²) in [6, 6.07) is 0. The van der Waals surface area contributed by atoms with Crippen LogP contribution in [-0.4, -0.2) is 50.5 Å². The largest absolute Gasteiger partial charge is 0.393 e. The van der Waals surface area contributed by atoms with Crippen LogP contribution < -0.4 is 0 Å². The first-order valence-corrected chi connectivity index (χ1v) is 13.2. The maximum absolute atomic E-state index is 13.3. The Morgan fingerprint density at radius 3 is 1.09 bits per heavy atom. The third kappa shape index (κ3) is 8.25. The summed E-state index contributed by atoms with van der Waals surface area (Å²) in [5.74, 6) is -1.84. The molecule has 0 aliphatic rings. The van der Waals surface area contributed by atoms with Crippen molar-refractivity contribution in [2.75, 3.05) is 6.61 Å². The third-order valence-corrected chi connectivity index (χ3v) is 7.90. The van der Waals surface area contributed by atoms with Gasteiger partial charge in [0.1, 0.15) is 0 Å². The van der Waals surface area contributed by atoms with Crippen molar-refractivity contribution in [1.29, 1.82) is 0 Å². The summed E-state index contributed by atoms with van der Waals surface area (Å²) >= 11 is 0. The number of ketones is 3. The fourth-order valence-electron chi connectivity index (χ4n) is 4.69. The Hall–Kier alpha value is -1.11. The van der Waals surface area contributed by atoms with E-state index in [1.54, 1.807) is 0 Å². The number of hydrogen-bond donors (Lipinski definition) is 3. The Kier molecular flexibility index (Phi) is 15.2. The average Bonchev–Trinajstić information content (AvgIpc) is 2.84. The maximum Gasteiger partial charge on any atom is 0.219 e. The molecule has 0 amide bonds. The number of Topliss-reactive ketones (excluding diaryl/α,β-unsaturated/α-hetero) is 3. The Balaban J connectivity index is 6.02. The number of aliphatic hydroxyl groups excluding tert-OH is 1. The summed E-state index contributed by atoms with van der Waals surface area (Å²) in [5.41, 5.74) is -5.75. The SMILES string of the molecule is CCC(CC)CCC(=O)C(O)(CO)C(O)(C(=O)CCC(CC)CC)C(=O)CCC(CC)CC. The number of carbonyl (C=O) groups excluding carboxylic acids is 3. The van der Waals surface area contributed by atoms with Gasteiger partial charge < -0.3 is 15.3 Å². The van der Waals surface area contributed by atoms with Gasteiger partial charge >= 0.3 is 0 Å². The van der Waals surface area contributed by atoms with Crippen LogP contribution in [0.5, 0.6) is 0 Å². The van der Waals surface area contributed by atoms with E-state index in [-0.39, 0.29) is 37.0 Å². The monoisotopic (exact) mass is 470 g/mol. The molecule has 0 spiro atoms. The average molecular weight is 471 g/mol. The van der Waals surface area contributed by atoms with Crippen LogP contribution >= 0.6 is 0 Å². The molecule has 0 bridgehead atoms. The van der Waals surface area contributed by atoms with E-state index < -0.39 is 35.2 Å². The molecule has 33 heavy (non-hydrogen) atoms. The molecule has 0 saturated carbocycles. The minimum absolute atomic E-state index is 0.106. The zero-order chi connectivity index (χ0) is 25.7. The smallest absolute Gasteiger partial charge is 0.219 e. The molecule has 1 unspecified atom stereocenters. The fraction of sp³-hybridized carbons (Fsp3) is 0.889. The van der Waals surface area contributed by atoms with Crippen molar-refractivity contribution in [1.82, 2.24) is 0 Å². The molecule has 6 heteroatoms. The van der Waals surface area contributed by atoms with Gasteiger partial charge in [-0.25, -0.2) is 0 Å². The zero-order valence-electron chi connectivity index (χ0n) is 22.0. The van der Waals surface area contributed by atoms with Gasteiger partial charge in [-0.05, 0) is 37.0 Å². The van der Waals surface area contributed by atoms with Gasteiger partial charge in [0.05, 0.1) is 6.61 Å². The Morgan fingerprint density at radius 2 is 0.848 bits per heavy atom. The van der Waals surface area contributed by atoms with Crippen LogP contribution in [0.2, 0.25) is 0 Å². The normalized spacial score (nSPS) is 14.2. The summed E-state index contributed by atoms with van der Waals surface area (Å²) in [4.78, 5) is 39.7. The van der Waals surface area contributed by atoms with Crippen molar-refractivity contribution in [2.24, 2.45) is 17.8 Å². The minimum atomic E-state index is -2.93. The summed E-state index contributed by atoms with van der Waals surface area (Å²) < 4.78 is 0. The predicted octanol–water partition coefficient (Wildman–Crippen LogP) is 4.80. The van der Waals surface area contributed by atoms with Crippen LogP contribution in [-0.2, 0) is 14.4 Å². The molecule has 3 N–H and O–H groups in total. The van der Waals surface area contributed by atoms with E-state index in [1.807, 2.05) is 41.5 Å². The molecule has 0 saturated heterocycles. The first-order chi connectivity index (χ1) is 15.6. The second-order valence-corrected chi connectivity index (χ2v) is 9.66. The zero-order valence-corrected chi connectivity index (χ0v) is 22.0. The second kappa shape index (κ2) is 15.7. The predicted molar refractivity (Wildman–Crippen MR) is 132 cm³/mol. The van der Waals surface area contributed by atoms with Gasteiger partial charge in [0.15, 0.2) is 23.0 Å². The molecule has 0 aliphatic heterocycles. The van der Waals surface area contributed by atoms with E-state index in [0.29, 0.717) is 19.3 Å². The first kappa shape index (κ1) is 31.9. The van der Waals surface area contributed by atoms with Crippen LogP contribution in [0.4, 0.5) is 0 Å². The lowest BCUT2D eigenvalue weighted by Gasteiger charge is -2.39. The molecule has 0 radical (unpaired) electrons. The van der Waals surface area contributed by atoms with Crippen molar-refractivity contribution < 1.29 is 29.7 Å². The molecular weight excluding hydrogens is 420 g/mol. The number of rotatable bonds is 20. The maximum atomic E-state index is 13.3. The Morgan fingerprint density at radius 1 is 0.576 bits per heavy atom. The van der Waals surface area contributed by atoms with E-state index in [0.717, 1.165) is 38.5 Å². The quantitative estimate of drug-likeness (QED) is 0.220. The minimum Gasteiger partial charge on any atom is -0.393 e. The highest BCUT2D eigenvalue weighted by atomic mass is 16.4. The van der Waals surface area contributed by atoms with Crippen molar-refractivity contribution in [3.63, 3.8) is 0 Å². The van der Waals surface area contributed by atoms with Crippen LogP contribution in [0.1, 0.15) is 119 Å². The van der Waals surface area contributed by atoms with Crippen molar-refractivity contribution in [3.05, 3.63) is 0 Å². The summed E-state index contributed by atoms with van der Waals surface area (Å²) in [6.07, 6.45) is 6.14. The Labute approximate surface area is 201 Å². The van der Waals surface area contributed by atoms with Gasteiger partial charge in [0.25, 0.3) is 0 Å². The molecule has 1 atom stereocenters. The molecule has 0 fully saturated rings. The molecular formula is C27H50O6. The summed E-state index contributed by atoms with van der Waals surface area (Å²) in [7, 11) is 0. The lowest BCUT2D eigenvalue weighted by atomic mass is 9.70. The second-order valence-electron chi connectivity index (χ2n) is 9.66. The fourth-order valence-corrected chi connectivity index (χ4v) is 4.69. The molecule has 0 aromatic rings. The first-order valence-electron chi connectivity index (χ1n) is 13.2. The molecule has 0 aliphatic carbocycles. The van der Waals surface area contributed by atoms with Gasteiger partial charge in [-0.2, -0.15) is 0 Å². The molecule has 0 rings (SSSR count). The molecule has 194 valence electrons. The van der Waals surface area contributed by atoms with Gasteiger partial charge in [0, 0.05) is 19.3 Å². The standard InChI is InChI=1S/C27H50O6/c1-7-20(8-2)13-16-23(29)26(32,19-28)27(33,24(30)17-14-21(9-3)10-4)25(31)18-15-22(11-5)12-6/h20-22,28,32-33H,7-19H2,1-6H3. The van der Waals surface area contributed by atoms with E-state index >= 15 is 0 Å². The van der Waals surface area contributed by atoms with Gasteiger partial charge in [-0.3, -0.25) is 14.4 Å². The van der Waals surface area contributed by atoms with E-state index in [1.165, 1.54) is 0 Å². The van der Waals surface area contributed by atoms with Crippen molar-refractivity contribution in [3.8, 4) is 0 Å². The number of hydrogen-bond acceptors (Lipinski definition) is 6. The highest BCUT2D eigenvalue weighted by Crippen LogP contribution is 2.33. The van der Waals surface area contributed by atoms with Crippen molar-refractivity contribution >= 4 is 17.3 Å².